The van der Waals surface area contributed by atoms with Crippen molar-refractivity contribution in [3.05, 3.63) is 69.8 Å². The van der Waals surface area contributed by atoms with Crippen LogP contribution in [0.1, 0.15) is 28.8 Å². The van der Waals surface area contributed by atoms with Gasteiger partial charge in [0.05, 0.1) is 11.1 Å². The maximum Gasteiger partial charge on any atom is 0.270 e. The topological polar surface area (TPSA) is 134 Å². The quantitative estimate of drug-likeness (QED) is 0.283. The monoisotopic (exact) mass is 370 g/mol. The number of nitro benzene ring substituents is 1. The molecule has 0 saturated heterocycles. The standard InChI is InChI=1S/C18H18N4O5/c23-16-8-2-1-5-14(16)12-20-21-17(24)9-4-10-19-18(25)13-6-3-7-15(11-13)22(26)27/h1-3,5-8,11-12,23H,4,9-10H2,(H,19,25)(H,21,24). The number of phenols is 1. The van der Waals surface area contributed by atoms with Crippen molar-refractivity contribution in [3.63, 3.8) is 0 Å². The van der Waals surface area contributed by atoms with Gasteiger partial charge < -0.3 is 10.4 Å². The number of hydrazone groups is 1. The Morgan fingerprint density at radius 2 is 1.96 bits per heavy atom. The van der Waals surface area contributed by atoms with E-state index in [2.05, 4.69) is 15.8 Å². The van der Waals surface area contributed by atoms with Gasteiger partial charge in [-0.2, -0.15) is 5.10 Å². The van der Waals surface area contributed by atoms with Crippen molar-refractivity contribution >= 4 is 23.7 Å². The first-order valence-electron chi connectivity index (χ1n) is 8.10. The summed E-state index contributed by atoms with van der Waals surface area (Å²) in [6.45, 7) is 0.234. The van der Waals surface area contributed by atoms with E-state index in [1.54, 1.807) is 18.2 Å². The molecule has 2 amide bonds. The molecule has 0 fully saturated rings. The average Bonchev–Trinajstić information content (AvgIpc) is 2.66. The molecule has 0 unspecified atom stereocenters. The fourth-order valence-corrected chi connectivity index (χ4v) is 2.14. The Bertz CT molecular complexity index is 866. The van der Waals surface area contributed by atoms with Crippen molar-refractivity contribution in [2.24, 2.45) is 5.10 Å². The molecule has 140 valence electrons. The van der Waals surface area contributed by atoms with Crippen molar-refractivity contribution in [2.75, 3.05) is 6.54 Å². The van der Waals surface area contributed by atoms with E-state index in [4.69, 9.17) is 0 Å². The van der Waals surface area contributed by atoms with Gasteiger partial charge in [-0.05, 0) is 24.6 Å². The number of rotatable bonds is 8. The number of benzene rings is 2. The van der Waals surface area contributed by atoms with Crippen molar-refractivity contribution in [2.45, 2.75) is 12.8 Å². The number of nitrogens with zero attached hydrogens (tertiary/aromatic N) is 2. The van der Waals surface area contributed by atoms with E-state index in [0.29, 0.717) is 12.0 Å². The Morgan fingerprint density at radius 1 is 1.19 bits per heavy atom. The average molecular weight is 370 g/mol. The summed E-state index contributed by atoms with van der Waals surface area (Å²) < 4.78 is 0. The molecule has 0 spiro atoms. The molecule has 0 aliphatic heterocycles. The van der Waals surface area contributed by atoms with E-state index >= 15 is 0 Å². The van der Waals surface area contributed by atoms with Crippen molar-refractivity contribution in [3.8, 4) is 5.75 Å². The summed E-state index contributed by atoms with van der Waals surface area (Å²) >= 11 is 0. The number of nitro groups is 1. The minimum atomic E-state index is -0.573. The Hall–Kier alpha value is -3.75. The van der Waals surface area contributed by atoms with Crippen LogP contribution in [0.4, 0.5) is 5.69 Å². The van der Waals surface area contributed by atoms with Gasteiger partial charge in [-0.25, -0.2) is 5.43 Å². The molecule has 0 atom stereocenters. The van der Waals surface area contributed by atoms with Crippen molar-refractivity contribution in [1.82, 2.24) is 10.7 Å². The third kappa shape index (κ3) is 6.24. The van der Waals surface area contributed by atoms with Crippen LogP contribution in [0.5, 0.6) is 5.75 Å². The third-order valence-electron chi connectivity index (χ3n) is 3.51. The van der Waals surface area contributed by atoms with Crippen LogP contribution in [0.2, 0.25) is 0 Å². The number of aromatic hydroxyl groups is 1. The lowest BCUT2D eigenvalue weighted by atomic mass is 10.2. The molecule has 9 heteroatoms. The number of para-hydroxylation sites is 1. The normalized spacial score (nSPS) is 10.5. The zero-order valence-corrected chi connectivity index (χ0v) is 14.3. The van der Waals surface area contributed by atoms with Crippen molar-refractivity contribution in [1.29, 1.82) is 0 Å². The van der Waals surface area contributed by atoms with Gasteiger partial charge in [-0.1, -0.05) is 18.2 Å². The number of non-ortho nitro benzene ring substituents is 1. The van der Waals surface area contributed by atoms with Gasteiger partial charge >= 0.3 is 0 Å². The molecule has 27 heavy (non-hydrogen) atoms. The van der Waals surface area contributed by atoms with E-state index in [0.717, 1.165) is 0 Å². The lowest BCUT2D eigenvalue weighted by molar-refractivity contribution is -0.384. The van der Waals surface area contributed by atoms with Crippen LogP contribution in [0.25, 0.3) is 0 Å². The second-order valence-corrected chi connectivity index (χ2v) is 5.52. The van der Waals surface area contributed by atoms with Gasteiger partial charge in [0.25, 0.3) is 11.6 Å². The summed E-state index contributed by atoms with van der Waals surface area (Å²) in [6, 6.07) is 12.0. The Labute approximate surface area is 154 Å². The maximum absolute atomic E-state index is 11.9. The number of phenolic OH excluding ortho intramolecular Hbond substituents is 1. The Morgan fingerprint density at radius 3 is 2.70 bits per heavy atom. The lowest BCUT2D eigenvalue weighted by Crippen LogP contribution is -2.26. The smallest absolute Gasteiger partial charge is 0.270 e. The van der Waals surface area contributed by atoms with Gasteiger partial charge in [0.2, 0.25) is 5.91 Å². The number of carbonyl (C=O) groups excluding carboxylic acids is 2. The van der Waals surface area contributed by atoms with E-state index < -0.39 is 10.8 Å². The van der Waals surface area contributed by atoms with Gasteiger partial charge in [0.1, 0.15) is 5.75 Å². The zero-order valence-electron chi connectivity index (χ0n) is 14.3. The number of hydrogen-bond donors (Lipinski definition) is 3. The van der Waals surface area contributed by atoms with Gasteiger partial charge in [0, 0.05) is 36.2 Å². The van der Waals surface area contributed by atoms with Gasteiger partial charge in [-0.3, -0.25) is 19.7 Å². The Kier molecular flexibility index (Phi) is 7.00. The number of amides is 2. The van der Waals surface area contributed by atoms with Crippen LogP contribution in [0, 0.1) is 10.1 Å². The largest absolute Gasteiger partial charge is 0.507 e. The molecule has 2 aromatic carbocycles. The summed E-state index contributed by atoms with van der Waals surface area (Å²) in [7, 11) is 0. The SMILES string of the molecule is O=C(CCCNC(=O)c1cccc([N+](=O)[O-])c1)NN=Cc1ccccc1O. The van der Waals surface area contributed by atoms with Crippen LogP contribution >= 0.6 is 0 Å². The van der Waals surface area contributed by atoms with Crippen molar-refractivity contribution < 1.29 is 19.6 Å². The summed E-state index contributed by atoms with van der Waals surface area (Å²) in [4.78, 5) is 33.8. The van der Waals surface area contributed by atoms with Crippen LogP contribution < -0.4 is 10.7 Å². The molecular weight excluding hydrogens is 352 g/mol. The third-order valence-corrected chi connectivity index (χ3v) is 3.51. The minimum Gasteiger partial charge on any atom is -0.507 e. The molecule has 0 aliphatic carbocycles. The highest BCUT2D eigenvalue weighted by molar-refractivity contribution is 5.94. The molecule has 0 radical (unpaired) electrons. The summed E-state index contributed by atoms with van der Waals surface area (Å²) in [5.41, 5.74) is 2.82. The molecule has 0 saturated carbocycles. The second-order valence-electron chi connectivity index (χ2n) is 5.52. The van der Waals surface area contributed by atoms with Gasteiger partial charge in [-0.15, -0.1) is 0 Å². The van der Waals surface area contributed by atoms with Crippen LogP contribution in [-0.2, 0) is 4.79 Å². The number of carbonyl (C=O) groups is 2. The van der Waals surface area contributed by atoms with E-state index in [1.807, 2.05) is 0 Å². The molecule has 2 rings (SSSR count). The summed E-state index contributed by atoms with van der Waals surface area (Å²) in [5, 5.41) is 26.6. The molecule has 0 aromatic heterocycles. The molecule has 2 aromatic rings. The summed E-state index contributed by atoms with van der Waals surface area (Å²) in [6.07, 6.45) is 1.84. The first-order valence-corrected chi connectivity index (χ1v) is 8.10. The van der Waals surface area contributed by atoms with Crippen LogP contribution in [0.3, 0.4) is 0 Å². The fraction of sp³-hybridized carbons (Fsp3) is 0.167. The predicted octanol–water partition coefficient (Wildman–Crippen LogP) is 1.96. The minimum absolute atomic E-state index is 0.0550. The second kappa shape index (κ2) is 9.66. The molecule has 0 bridgehead atoms. The first-order chi connectivity index (χ1) is 13.0. The Balaban J connectivity index is 1.71. The number of hydrogen-bond acceptors (Lipinski definition) is 6. The predicted molar refractivity (Wildman–Crippen MR) is 98.5 cm³/mol. The first kappa shape index (κ1) is 19.6. The zero-order chi connectivity index (χ0) is 19.6. The highest BCUT2D eigenvalue weighted by Gasteiger charge is 2.11. The highest BCUT2D eigenvalue weighted by atomic mass is 16.6. The molecular formula is C18H18N4O5. The molecule has 9 nitrogen and oxygen atoms in total. The molecule has 0 aliphatic rings. The van der Waals surface area contributed by atoms with Crippen LogP contribution in [0.15, 0.2) is 53.6 Å². The molecule has 3 N–H and O–H groups in total. The van der Waals surface area contributed by atoms with E-state index in [1.165, 1.54) is 36.5 Å². The maximum atomic E-state index is 11.9. The number of nitrogens with one attached hydrogen (secondary N) is 2. The fourth-order valence-electron chi connectivity index (χ4n) is 2.14. The lowest BCUT2D eigenvalue weighted by Gasteiger charge is -2.05. The highest BCUT2D eigenvalue weighted by Crippen LogP contribution is 2.13. The molecule has 0 heterocycles. The van der Waals surface area contributed by atoms with E-state index in [-0.39, 0.29) is 35.9 Å². The van der Waals surface area contributed by atoms with Gasteiger partial charge in [0.15, 0.2) is 0 Å². The van der Waals surface area contributed by atoms with Crippen LogP contribution in [-0.4, -0.2) is 34.6 Å². The summed E-state index contributed by atoms with van der Waals surface area (Å²) in [5.74, 6) is -0.734. The van der Waals surface area contributed by atoms with E-state index in [9.17, 15) is 24.8 Å².